The van der Waals surface area contributed by atoms with Gasteiger partial charge in [-0.05, 0) is 87.5 Å². The molecule has 42 heavy (non-hydrogen) atoms. The minimum Gasteiger partial charge on any atom is -0.320 e. The largest absolute Gasteiger partial charge is 0.320 e. The van der Waals surface area contributed by atoms with Gasteiger partial charge in [-0.3, -0.25) is 20.2 Å². The lowest BCUT2D eigenvalue weighted by atomic mass is 9.83. The van der Waals surface area contributed by atoms with Gasteiger partial charge in [-0.2, -0.15) is 0 Å². The Hall–Kier alpha value is -2.84. The van der Waals surface area contributed by atoms with Gasteiger partial charge in [-0.25, -0.2) is 0 Å². The molecule has 0 saturated carbocycles. The highest BCUT2D eigenvalue weighted by molar-refractivity contribution is 5.33. The number of benzene rings is 2. The lowest BCUT2D eigenvalue weighted by Gasteiger charge is -2.45. The Morgan fingerprint density at radius 2 is 0.952 bits per heavy atom. The van der Waals surface area contributed by atoms with E-state index in [0.717, 1.165) is 33.9 Å². The number of quaternary nitrogens is 2. The number of rotatable bonds is 15. The molecule has 0 unspecified atom stereocenters. The van der Waals surface area contributed by atoms with Crippen LogP contribution in [0.3, 0.4) is 0 Å². The first kappa shape index (κ1) is 32.1. The summed E-state index contributed by atoms with van der Waals surface area (Å²) >= 11 is 0. The fourth-order valence-corrected chi connectivity index (χ4v) is 7.52. The standard InChI is InChI=1S/C34H52N4O4/c1-3-5-21-37(27-31-9-13-33(14-10-31)35(39)40)23-17-29(18-24-37)7-8-30-19-25-38(26-20-30,22-6-4-2)28-32-11-15-34(16-12-32)36(41)42/h9-16,29-30H,3-8,17-28H2,1-2H3/q+2. The summed E-state index contributed by atoms with van der Waals surface area (Å²) in [5, 5.41) is 22.2. The zero-order valence-corrected chi connectivity index (χ0v) is 25.9. The number of nitro groups is 2. The zero-order valence-electron chi connectivity index (χ0n) is 25.9. The van der Waals surface area contributed by atoms with Crippen LogP contribution < -0.4 is 0 Å². The maximum absolute atomic E-state index is 11.1. The van der Waals surface area contributed by atoms with Crippen LogP contribution >= 0.6 is 0 Å². The van der Waals surface area contributed by atoms with E-state index < -0.39 is 0 Å². The van der Waals surface area contributed by atoms with Gasteiger partial charge in [0.2, 0.25) is 0 Å². The van der Waals surface area contributed by atoms with Gasteiger partial charge >= 0.3 is 0 Å². The number of hydrogen-bond donors (Lipinski definition) is 0. The monoisotopic (exact) mass is 580 g/mol. The second-order valence-electron chi connectivity index (χ2n) is 13.4. The van der Waals surface area contributed by atoms with Gasteiger partial charge < -0.3 is 8.97 Å². The van der Waals surface area contributed by atoms with Crippen molar-refractivity contribution >= 4 is 11.4 Å². The van der Waals surface area contributed by atoms with Gasteiger partial charge in [-0.15, -0.1) is 0 Å². The maximum Gasteiger partial charge on any atom is 0.269 e. The number of unbranched alkanes of at least 4 members (excludes halogenated alkanes) is 2. The third-order valence-corrected chi connectivity index (χ3v) is 10.3. The van der Waals surface area contributed by atoms with Gasteiger partial charge in [-0.1, -0.05) is 26.7 Å². The minimum absolute atomic E-state index is 0.174. The van der Waals surface area contributed by atoms with Crippen molar-refractivity contribution in [2.24, 2.45) is 11.8 Å². The van der Waals surface area contributed by atoms with Gasteiger partial charge in [0.25, 0.3) is 11.4 Å². The van der Waals surface area contributed by atoms with Gasteiger partial charge in [0.15, 0.2) is 0 Å². The average molecular weight is 581 g/mol. The van der Waals surface area contributed by atoms with E-state index in [1.165, 1.54) is 115 Å². The normalized spacial score (nSPS) is 26.1. The molecule has 0 bridgehead atoms. The molecule has 0 spiro atoms. The summed E-state index contributed by atoms with van der Waals surface area (Å²) in [6, 6.07) is 14.5. The Labute approximate surface area is 252 Å². The fraction of sp³-hybridized carbons (Fsp3) is 0.647. The van der Waals surface area contributed by atoms with Crippen LogP contribution in [0.25, 0.3) is 0 Å². The number of nitro benzene ring substituents is 2. The highest BCUT2D eigenvalue weighted by atomic mass is 16.6. The first-order valence-corrected chi connectivity index (χ1v) is 16.4. The molecule has 2 aliphatic rings. The number of hydrogen-bond acceptors (Lipinski definition) is 4. The molecular formula is C34H52N4O4+2. The van der Waals surface area contributed by atoms with Crippen LogP contribution in [0, 0.1) is 32.1 Å². The van der Waals surface area contributed by atoms with Crippen LogP contribution in [-0.2, 0) is 13.1 Å². The Bertz CT molecular complexity index is 1040. The Balaban J connectivity index is 1.27. The predicted octanol–water partition coefficient (Wildman–Crippen LogP) is 8.04. The first-order valence-electron chi connectivity index (χ1n) is 16.4. The highest BCUT2D eigenvalue weighted by Gasteiger charge is 2.36. The predicted molar refractivity (Wildman–Crippen MR) is 168 cm³/mol. The maximum atomic E-state index is 11.1. The molecular weight excluding hydrogens is 528 g/mol. The van der Waals surface area contributed by atoms with E-state index in [1.807, 2.05) is 24.3 Å². The topological polar surface area (TPSA) is 86.3 Å². The minimum atomic E-state index is -0.313. The molecule has 2 saturated heterocycles. The molecule has 2 fully saturated rings. The van der Waals surface area contributed by atoms with E-state index in [-0.39, 0.29) is 21.2 Å². The molecule has 2 aliphatic heterocycles. The van der Waals surface area contributed by atoms with Crippen LogP contribution in [0.4, 0.5) is 11.4 Å². The van der Waals surface area contributed by atoms with E-state index in [0.29, 0.717) is 0 Å². The summed E-state index contributed by atoms with van der Waals surface area (Å²) in [4.78, 5) is 21.5. The van der Waals surface area contributed by atoms with E-state index in [4.69, 9.17) is 0 Å². The molecule has 0 N–H and O–H groups in total. The van der Waals surface area contributed by atoms with E-state index >= 15 is 0 Å². The van der Waals surface area contributed by atoms with Crippen molar-refractivity contribution in [3.8, 4) is 0 Å². The van der Waals surface area contributed by atoms with Crippen molar-refractivity contribution in [2.45, 2.75) is 91.1 Å². The molecule has 4 rings (SSSR count). The second-order valence-corrected chi connectivity index (χ2v) is 13.4. The number of nitrogens with zero attached hydrogens (tertiary/aromatic N) is 4. The van der Waals surface area contributed by atoms with Crippen LogP contribution in [0.1, 0.15) is 89.2 Å². The van der Waals surface area contributed by atoms with Crippen LogP contribution in [0.2, 0.25) is 0 Å². The molecule has 230 valence electrons. The number of non-ortho nitro benzene ring substituents is 2. The average Bonchev–Trinajstić information content (AvgIpc) is 3.00. The van der Waals surface area contributed by atoms with Crippen LogP contribution in [0.5, 0.6) is 0 Å². The lowest BCUT2D eigenvalue weighted by Crippen LogP contribution is -2.53. The summed E-state index contributed by atoms with van der Waals surface area (Å²) in [7, 11) is 0. The summed E-state index contributed by atoms with van der Waals surface area (Å²) < 4.78 is 2.26. The Morgan fingerprint density at radius 1 is 0.619 bits per heavy atom. The van der Waals surface area contributed by atoms with Gasteiger partial charge in [0, 0.05) is 35.4 Å². The summed E-state index contributed by atoms with van der Waals surface area (Å²) in [6.07, 6.45) is 12.7. The SMILES string of the molecule is CCCC[N+]1(Cc2ccc([N+](=O)[O-])cc2)CCC(CCC2CC[N+](CCCC)(Cc3ccc([N+](=O)[O-])cc3)CC2)CC1. The van der Waals surface area contributed by atoms with Crippen molar-refractivity contribution in [3.63, 3.8) is 0 Å². The van der Waals surface area contributed by atoms with Crippen molar-refractivity contribution < 1.29 is 18.8 Å². The lowest BCUT2D eigenvalue weighted by molar-refractivity contribution is -0.946. The summed E-state index contributed by atoms with van der Waals surface area (Å²) in [5.74, 6) is 1.63. The molecule has 8 nitrogen and oxygen atoms in total. The molecule has 0 aliphatic carbocycles. The Morgan fingerprint density at radius 3 is 1.24 bits per heavy atom. The smallest absolute Gasteiger partial charge is 0.269 e. The van der Waals surface area contributed by atoms with Crippen molar-refractivity contribution in [1.29, 1.82) is 0 Å². The van der Waals surface area contributed by atoms with Crippen molar-refractivity contribution in [3.05, 3.63) is 79.9 Å². The fourth-order valence-electron chi connectivity index (χ4n) is 7.52. The molecule has 8 heteroatoms. The first-order chi connectivity index (χ1) is 20.3. The Kier molecular flexibility index (Phi) is 11.5. The third-order valence-electron chi connectivity index (χ3n) is 10.3. The molecule has 0 aromatic heterocycles. The number of likely N-dealkylation sites (tertiary alicyclic amines) is 2. The second kappa shape index (κ2) is 15.1. The van der Waals surface area contributed by atoms with Crippen molar-refractivity contribution in [2.75, 3.05) is 39.3 Å². The van der Waals surface area contributed by atoms with Gasteiger partial charge in [0.1, 0.15) is 13.1 Å². The molecule has 2 aromatic rings. The molecule has 0 radical (unpaired) electrons. The summed E-state index contributed by atoms with van der Waals surface area (Å²) in [6.45, 7) is 13.8. The summed E-state index contributed by atoms with van der Waals surface area (Å²) in [5.41, 5.74) is 2.78. The van der Waals surface area contributed by atoms with Crippen LogP contribution in [-0.4, -0.2) is 58.1 Å². The molecule has 0 atom stereocenters. The highest BCUT2D eigenvalue weighted by Crippen LogP contribution is 2.35. The van der Waals surface area contributed by atoms with E-state index in [1.54, 1.807) is 24.3 Å². The third kappa shape index (κ3) is 8.83. The van der Waals surface area contributed by atoms with Gasteiger partial charge in [0.05, 0.1) is 49.1 Å². The van der Waals surface area contributed by atoms with E-state index in [9.17, 15) is 20.2 Å². The van der Waals surface area contributed by atoms with Crippen LogP contribution in [0.15, 0.2) is 48.5 Å². The number of piperidine rings is 2. The quantitative estimate of drug-likeness (QED) is 0.121. The van der Waals surface area contributed by atoms with Crippen molar-refractivity contribution in [1.82, 2.24) is 0 Å². The zero-order chi connectivity index (χ0) is 30.0. The van der Waals surface area contributed by atoms with E-state index in [2.05, 4.69) is 13.8 Å². The molecule has 0 amide bonds. The molecule has 2 aromatic carbocycles. The molecule has 2 heterocycles.